The number of nitrogens with one attached hydrogen (secondary N) is 1. The number of H-pyrrole nitrogens is 1. The molecule has 17 heavy (non-hydrogen) atoms. The van der Waals surface area contributed by atoms with Crippen LogP contribution >= 0.6 is 0 Å². The van der Waals surface area contributed by atoms with Crippen LogP contribution in [0.5, 0.6) is 5.75 Å². The zero-order valence-electron chi connectivity index (χ0n) is 10.2. The van der Waals surface area contributed by atoms with Gasteiger partial charge in [0.25, 0.3) is 5.56 Å². The van der Waals surface area contributed by atoms with Crippen LogP contribution in [0.1, 0.15) is 37.6 Å². The molecule has 0 fully saturated rings. The molecule has 0 saturated heterocycles. The van der Waals surface area contributed by atoms with Gasteiger partial charge in [0.2, 0.25) is 0 Å². The Morgan fingerprint density at radius 1 is 1.53 bits per heavy atom. The molecule has 0 amide bonds. The fourth-order valence-electron chi connectivity index (χ4n) is 1.56. The Kier molecular flexibility index (Phi) is 4.07. The Balaban J connectivity index is 3.17. The van der Waals surface area contributed by atoms with Crippen molar-refractivity contribution in [2.75, 3.05) is 0 Å². The van der Waals surface area contributed by atoms with E-state index >= 15 is 0 Å². The number of aliphatic hydroxyl groups is 1. The first-order valence-corrected chi connectivity index (χ1v) is 5.53. The van der Waals surface area contributed by atoms with E-state index in [-0.39, 0.29) is 17.2 Å². The number of aromatic nitrogens is 1. The van der Waals surface area contributed by atoms with Crippen molar-refractivity contribution in [3.8, 4) is 5.75 Å². The molecule has 3 N–H and O–H groups in total. The monoisotopic (exact) mass is 239 g/mol. The summed E-state index contributed by atoms with van der Waals surface area (Å²) in [6.45, 7) is 5.09. The van der Waals surface area contributed by atoms with Gasteiger partial charge in [0, 0.05) is 11.6 Å². The molecule has 2 atom stereocenters. The van der Waals surface area contributed by atoms with Crippen LogP contribution in [0.3, 0.4) is 0 Å². The van der Waals surface area contributed by atoms with E-state index in [1.807, 2.05) is 6.92 Å². The van der Waals surface area contributed by atoms with Crippen LogP contribution in [0.4, 0.5) is 0 Å². The molecule has 1 rings (SSSR count). The van der Waals surface area contributed by atoms with Crippen LogP contribution in [0.2, 0.25) is 0 Å². The molecule has 5 heteroatoms. The average molecular weight is 239 g/mol. The van der Waals surface area contributed by atoms with Gasteiger partial charge in [-0.1, -0.05) is 13.8 Å². The molecule has 5 nitrogen and oxygen atoms in total. The SMILES string of the molecule is CCC(C)C(=O)C(O)c1c(O)cc(C)[nH]c1=O. The summed E-state index contributed by atoms with van der Waals surface area (Å²) in [4.78, 5) is 25.8. The van der Waals surface area contributed by atoms with Gasteiger partial charge >= 0.3 is 0 Å². The Bertz CT molecular complexity index is 478. The highest BCUT2D eigenvalue weighted by Gasteiger charge is 2.27. The zero-order valence-corrected chi connectivity index (χ0v) is 10.2. The van der Waals surface area contributed by atoms with Crippen molar-refractivity contribution in [2.45, 2.75) is 33.3 Å². The lowest BCUT2D eigenvalue weighted by molar-refractivity contribution is -0.131. The Morgan fingerprint density at radius 2 is 2.12 bits per heavy atom. The molecule has 1 aromatic heterocycles. The summed E-state index contributed by atoms with van der Waals surface area (Å²) in [6.07, 6.45) is -1.00. The predicted octanol–water partition coefficient (Wildman–Crippen LogP) is 1.04. The second kappa shape index (κ2) is 5.14. The number of carbonyl (C=O) groups excluding carboxylic acids is 1. The molecule has 2 unspecified atom stereocenters. The maximum absolute atomic E-state index is 11.7. The van der Waals surface area contributed by atoms with Crippen molar-refractivity contribution in [1.29, 1.82) is 0 Å². The van der Waals surface area contributed by atoms with Crippen LogP contribution in [-0.2, 0) is 4.79 Å². The molecule has 0 bridgehead atoms. The third-order valence-corrected chi connectivity index (χ3v) is 2.83. The molecule has 0 aliphatic rings. The van der Waals surface area contributed by atoms with Crippen molar-refractivity contribution in [3.63, 3.8) is 0 Å². The normalized spacial score (nSPS) is 14.4. The summed E-state index contributed by atoms with van der Waals surface area (Å²) in [6, 6.07) is 1.31. The van der Waals surface area contributed by atoms with Gasteiger partial charge in [-0.3, -0.25) is 9.59 Å². The quantitative estimate of drug-likeness (QED) is 0.732. The number of hydrogen-bond acceptors (Lipinski definition) is 4. The van der Waals surface area contributed by atoms with Gasteiger partial charge in [0.1, 0.15) is 11.9 Å². The zero-order chi connectivity index (χ0) is 13.2. The van der Waals surface area contributed by atoms with E-state index in [4.69, 9.17) is 0 Å². The molecule has 0 aliphatic heterocycles. The summed E-state index contributed by atoms with van der Waals surface area (Å²) in [5.74, 6) is -1.17. The Hall–Kier alpha value is -1.62. The second-order valence-electron chi connectivity index (χ2n) is 4.19. The van der Waals surface area contributed by atoms with Crippen molar-refractivity contribution >= 4 is 5.78 Å². The molecule has 0 radical (unpaired) electrons. The first kappa shape index (κ1) is 13.4. The van der Waals surface area contributed by atoms with E-state index < -0.39 is 17.4 Å². The lowest BCUT2D eigenvalue weighted by atomic mass is 9.95. The topological polar surface area (TPSA) is 90.4 Å². The van der Waals surface area contributed by atoms with E-state index in [1.165, 1.54) is 6.07 Å². The summed E-state index contributed by atoms with van der Waals surface area (Å²) in [5, 5.41) is 19.4. The molecule has 1 aromatic rings. The van der Waals surface area contributed by atoms with E-state index in [0.29, 0.717) is 12.1 Å². The van der Waals surface area contributed by atoms with Gasteiger partial charge in [-0.05, 0) is 19.4 Å². The molecule has 0 saturated carbocycles. The molecule has 1 heterocycles. The standard InChI is InChI=1S/C12H17NO4/c1-4-6(2)10(15)11(16)9-8(14)5-7(3)13-12(9)17/h5-6,11,16H,4H2,1-3H3,(H2,13,14,17). The minimum Gasteiger partial charge on any atom is -0.507 e. The summed E-state index contributed by atoms with van der Waals surface area (Å²) in [7, 11) is 0. The lowest BCUT2D eigenvalue weighted by Gasteiger charge is -2.14. The van der Waals surface area contributed by atoms with Gasteiger partial charge in [0.15, 0.2) is 5.78 Å². The predicted molar refractivity (Wildman–Crippen MR) is 62.9 cm³/mol. The number of aryl methyl sites for hydroxylation is 1. The number of carbonyl (C=O) groups is 1. The maximum Gasteiger partial charge on any atom is 0.258 e. The Morgan fingerprint density at radius 3 is 2.59 bits per heavy atom. The number of ketones is 1. The summed E-state index contributed by atoms with van der Waals surface area (Å²) < 4.78 is 0. The molecule has 0 aromatic carbocycles. The smallest absolute Gasteiger partial charge is 0.258 e. The van der Waals surface area contributed by atoms with Crippen molar-refractivity contribution in [2.24, 2.45) is 5.92 Å². The van der Waals surface area contributed by atoms with E-state index in [9.17, 15) is 19.8 Å². The minimum atomic E-state index is -1.57. The van der Waals surface area contributed by atoms with Crippen LogP contribution in [-0.4, -0.2) is 21.0 Å². The maximum atomic E-state index is 11.7. The highest BCUT2D eigenvalue weighted by molar-refractivity contribution is 5.86. The van der Waals surface area contributed by atoms with Gasteiger partial charge in [-0.2, -0.15) is 0 Å². The molecular formula is C12H17NO4. The molecule has 0 aliphatic carbocycles. The van der Waals surface area contributed by atoms with E-state index in [1.54, 1.807) is 13.8 Å². The number of aromatic hydroxyl groups is 1. The number of aromatic amines is 1. The number of pyridine rings is 1. The molecule has 94 valence electrons. The first-order valence-electron chi connectivity index (χ1n) is 5.53. The lowest BCUT2D eigenvalue weighted by Crippen LogP contribution is -2.26. The fourth-order valence-corrected chi connectivity index (χ4v) is 1.56. The second-order valence-corrected chi connectivity index (χ2v) is 4.19. The number of Topliss-reactive ketones (excluding diaryl/α,β-unsaturated/α-hetero) is 1. The fraction of sp³-hybridized carbons (Fsp3) is 0.500. The van der Waals surface area contributed by atoms with Crippen molar-refractivity contribution < 1.29 is 15.0 Å². The third kappa shape index (κ3) is 2.74. The van der Waals surface area contributed by atoms with Crippen LogP contribution in [0.15, 0.2) is 10.9 Å². The van der Waals surface area contributed by atoms with Gasteiger partial charge in [0.05, 0.1) is 5.56 Å². The van der Waals surface area contributed by atoms with Crippen molar-refractivity contribution in [3.05, 3.63) is 27.7 Å². The summed E-state index contributed by atoms with van der Waals surface area (Å²) in [5.41, 5.74) is -0.438. The third-order valence-electron chi connectivity index (χ3n) is 2.83. The molecular weight excluding hydrogens is 222 g/mol. The first-order chi connectivity index (χ1) is 7.88. The molecule has 0 spiro atoms. The van der Waals surface area contributed by atoms with Gasteiger partial charge in [-0.15, -0.1) is 0 Å². The number of hydrogen-bond donors (Lipinski definition) is 3. The number of rotatable bonds is 4. The highest BCUT2D eigenvalue weighted by atomic mass is 16.3. The van der Waals surface area contributed by atoms with Crippen LogP contribution in [0, 0.1) is 12.8 Å². The van der Waals surface area contributed by atoms with E-state index in [0.717, 1.165) is 0 Å². The minimum absolute atomic E-state index is 0.277. The van der Waals surface area contributed by atoms with E-state index in [2.05, 4.69) is 4.98 Å². The Labute approximate surface area is 99.1 Å². The van der Waals surface area contributed by atoms with Crippen molar-refractivity contribution in [1.82, 2.24) is 4.98 Å². The largest absolute Gasteiger partial charge is 0.507 e. The van der Waals surface area contributed by atoms with Gasteiger partial charge < -0.3 is 15.2 Å². The van der Waals surface area contributed by atoms with Gasteiger partial charge in [-0.25, -0.2) is 0 Å². The highest BCUT2D eigenvalue weighted by Crippen LogP contribution is 2.24. The average Bonchev–Trinajstić information content (AvgIpc) is 2.25. The summed E-state index contributed by atoms with van der Waals surface area (Å²) >= 11 is 0. The van der Waals surface area contributed by atoms with Crippen LogP contribution < -0.4 is 5.56 Å². The number of aliphatic hydroxyl groups excluding tert-OH is 1. The van der Waals surface area contributed by atoms with Crippen LogP contribution in [0.25, 0.3) is 0 Å².